The molecule has 1 N–H and O–H groups in total. The summed E-state index contributed by atoms with van der Waals surface area (Å²) in [6, 6.07) is 8.47. The van der Waals surface area contributed by atoms with Crippen LogP contribution in [0, 0.1) is 12.8 Å². The SMILES string of the molecule is Cc1nc(-c2cccc(NCC3CCOC3)c2)cs1. The highest BCUT2D eigenvalue weighted by molar-refractivity contribution is 7.09. The van der Waals surface area contributed by atoms with Crippen molar-refractivity contribution < 1.29 is 4.74 Å². The Bertz CT molecular complexity index is 547. The zero-order valence-electron chi connectivity index (χ0n) is 11.1. The average molecular weight is 274 g/mol. The molecule has 1 fully saturated rings. The molecule has 0 bridgehead atoms. The van der Waals surface area contributed by atoms with Crippen LogP contribution in [0.1, 0.15) is 11.4 Å². The summed E-state index contributed by atoms with van der Waals surface area (Å²) in [5, 5.41) is 6.72. The molecule has 1 unspecified atom stereocenters. The number of aromatic nitrogens is 1. The summed E-state index contributed by atoms with van der Waals surface area (Å²) in [6.07, 6.45) is 1.16. The molecule has 3 nitrogen and oxygen atoms in total. The van der Waals surface area contributed by atoms with Gasteiger partial charge < -0.3 is 10.1 Å². The van der Waals surface area contributed by atoms with Gasteiger partial charge in [-0.05, 0) is 25.5 Å². The van der Waals surface area contributed by atoms with E-state index in [1.807, 2.05) is 6.92 Å². The van der Waals surface area contributed by atoms with Crippen LogP contribution in [-0.4, -0.2) is 24.7 Å². The minimum absolute atomic E-state index is 0.644. The molecule has 1 atom stereocenters. The Morgan fingerprint density at radius 3 is 3.16 bits per heavy atom. The van der Waals surface area contributed by atoms with E-state index in [4.69, 9.17) is 4.74 Å². The fourth-order valence-electron chi connectivity index (χ4n) is 2.29. The van der Waals surface area contributed by atoms with Gasteiger partial charge in [0.25, 0.3) is 0 Å². The Kier molecular flexibility index (Phi) is 3.80. The third-order valence-electron chi connectivity index (χ3n) is 3.40. The van der Waals surface area contributed by atoms with Gasteiger partial charge in [-0.2, -0.15) is 0 Å². The maximum Gasteiger partial charge on any atom is 0.0901 e. The number of aryl methyl sites for hydroxylation is 1. The highest BCUT2D eigenvalue weighted by Gasteiger charge is 2.15. The molecule has 0 amide bonds. The second kappa shape index (κ2) is 5.72. The van der Waals surface area contributed by atoms with Crippen molar-refractivity contribution in [3.8, 4) is 11.3 Å². The molecule has 0 saturated carbocycles. The maximum atomic E-state index is 5.39. The minimum atomic E-state index is 0.644. The van der Waals surface area contributed by atoms with Crippen molar-refractivity contribution in [2.45, 2.75) is 13.3 Å². The van der Waals surface area contributed by atoms with Crippen LogP contribution >= 0.6 is 11.3 Å². The largest absolute Gasteiger partial charge is 0.385 e. The highest BCUT2D eigenvalue weighted by atomic mass is 32.1. The lowest BCUT2D eigenvalue weighted by atomic mass is 10.1. The van der Waals surface area contributed by atoms with Gasteiger partial charge in [0.15, 0.2) is 0 Å². The summed E-state index contributed by atoms with van der Waals surface area (Å²) in [4.78, 5) is 4.53. The second-order valence-corrected chi connectivity index (χ2v) is 6.01. The topological polar surface area (TPSA) is 34.2 Å². The first-order valence-corrected chi connectivity index (χ1v) is 7.53. The lowest BCUT2D eigenvalue weighted by molar-refractivity contribution is 0.187. The number of benzene rings is 1. The quantitative estimate of drug-likeness (QED) is 0.925. The fraction of sp³-hybridized carbons (Fsp3) is 0.400. The molecule has 100 valence electrons. The van der Waals surface area contributed by atoms with E-state index in [9.17, 15) is 0 Å². The molecule has 1 aliphatic rings. The Labute approximate surface area is 117 Å². The Morgan fingerprint density at radius 1 is 1.47 bits per heavy atom. The summed E-state index contributed by atoms with van der Waals surface area (Å²) < 4.78 is 5.39. The van der Waals surface area contributed by atoms with Gasteiger partial charge in [0, 0.05) is 35.7 Å². The van der Waals surface area contributed by atoms with Crippen molar-refractivity contribution in [1.82, 2.24) is 4.98 Å². The molecule has 3 rings (SSSR count). The molecule has 1 aromatic heterocycles. The molecule has 4 heteroatoms. The first kappa shape index (κ1) is 12.6. The van der Waals surface area contributed by atoms with E-state index in [1.54, 1.807) is 11.3 Å². The summed E-state index contributed by atoms with van der Waals surface area (Å²) in [6.45, 7) is 4.82. The van der Waals surface area contributed by atoms with Gasteiger partial charge in [-0.3, -0.25) is 0 Å². The van der Waals surface area contributed by atoms with Gasteiger partial charge in [0.2, 0.25) is 0 Å². The lowest BCUT2D eigenvalue weighted by Crippen LogP contribution is -2.13. The van der Waals surface area contributed by atoms with Gasteiger partial charge in [0.1, 0.15) is 0 Å². The maximum absolute atomic E-state index is 5.39. The summed E-state index contributed by atoms with van der Waals surface area (Å²) in [7, 11) is 0. The van der Waals surface area contributed by atoms with Crippen molar-refractivity contribution in [2.24, 2.45) is 5.92 Å². The predicted molar refractivity (Wildman–Crippen MR) is 79.7 cm³/mol. The number of anilines is 1. The first-order valence-electron chi connectivity index (χ1n) is 6.65. The van der Waals surface area contributed by atoms with E-state index in [2.05, 4.69) is 39.9 Å². The van der Waals surface area contributed by atoms with E-state index in [0.717, 1.165) is 42.6 Å². The van der Waals surface area contributed by atoms with Crippen LogP contribution in [0.25, 0.3) is 11.3 Å². The standard InChI is InChI=1S/C15H18N2OS/c1-11-17-15(10-19-11)13-3-2-4-14(7-13)16-8-12-5-6-18-9-12/h2-4,7,10,12,16H,5-6,8-9H2,1H3. The van der Waals surface area contributed by atoms with Crippen LogP contribution in [0.3, 0.4) is 0 Å². The number of ether oxygens (including phenoxy) is 1. The monoisotopic (exact) mass is 274 g/mol. The van der Waals surface area contributed by atoms with E-state index >= 15 is 0 Å². The average Bonchev–Trinajstić information content (AvgIpc) is 3.08. The smallest absolute Gasteiger partial charge is 0.0901 e. The molecule has 19 heavy (non-hydrogen) atoms. The summed E-state index contributed by atoms with van der Waals surface area (Å²) in [5.74, 6) is 0.644. The number of hydrogen-bond donors (Lipinski definition) is 1. The summed E-state index contributed by atoms with van der Waals surface area (Å²) >= 11 is 1.69. The van der Waals surface area contributed by atoms with Crippen LogP contribution in [0.4, 0.5) is 5.69 Å². The molecule has 1 aromatic carbocycles. The molecule has 2 aromatic rings. The Hall–Kier alpha value is -1.39. The van der Waals surface area contributed by atoms with Gasteiger partial charge in [-0.25, -0.2) is 4.98 Å². The van der Waals surface area contributed by atoms with Gasteiger partial charge >= 0.3 is 0 Å². The second-order valence-electron chi connectivity index (χ2n) is 4.94. The molecule has 1 saturated heterocycles. The zero-order chi connectivity index (χ0) is 13.1. The molecular weight excluding hydrogens is 256 g/mol. The number of rotatable bonds is 4. The van der Waals surface area contributed by atoms with E-state index in [0.29, 0.717) is 5.92 Å². The third kappa shape index (κ3) is 3.14. The number of nitrogens with zero attached hydrogens (tertiary/aromatic N) is 1. The van der Waals surface area contributed by atoms with Crippen molar-refractivity contribution in [2.75, 3.05) is 25.1 Å². The Balaban J connectivity index is 1.69. The lowest BCUT2D eigenvalue weighted by Gasteiger charge is -2.11. The van der Waals surface area contributed by atoms with E-state index < -0.39 is 0 Å². The fourth-order valence-corrected chi connectivity index (χ4v) is 2.91. The molecule has 1 aliphatic heterocycles. The van der Waals surface area contributed by atoms with Crippen molar-refractivity contribution in [1.29, 1.82) is 0 Å². The van der Waals surface area contributed by atoms with Gasteiger partial charge in [0.05, 0.1) is 17.3 Å². The van der Waals surface area contributed by atoms with Crippen LogP contribution in [0.15, 0.2) is 29.6 Å². The number of hydrogen-bond acceptors (Lipinski definition) is 4. The van der Waals surface area contributed by atoms with Crippen molar-refractivity contribution in [3.63, 3.8) is 0 Å². The molecule has 0 aliphatic carbocycles. The number of nitrogens with one attached hydrogen (secondary N) is 1. The van der Waals surface area contributed by atoms with Gasteiger partial charge in [-0.1, -0.05) is 12.1 Å². The molecular formula is C15H18N2OS. The molecule has 2 heterocycles. The van der Waals surface area contributed by atoms with Crippen LogP contribution in [0.2, 0.25) is 0 Å². The first-order chi connectivity index (χ1) is 9.31. The third-order valence-corrected chi connectivity index (χ3v) is 4.17. The molecule has 0 radical (unpaired) electrons. The highest BCUT2D eigenvalue weighted by Crippen LogP contribution is 2.24. The van der Waals surface area contributed by atoms with Crippen molar-refractivity contribution >= 4 is 17.0 Å². The van der Waals surface area contributed by atoms with E-state index in [1.165, 1.54) is 5.56 Å². The van der Waals surface area contributed by atoms with Crippen LogP contribution < -0.4 is 5.32 Å². The van der Waals surface area contributed by atoms with Crippen molar-refractivity contribution in [3.05, 3.63) is 34.7 Å². The zero-order valence-corrected chi connectivity index (χ0v) is 11.9. The summed E-state index contributed by atoms with van der Waals surface area (Å²) in [5.41, 5.74) is 3.41. The number of thiazole rings is 1. The normalized spacial score (nSPS) is 18.7. The van der Waals surface area contributed by atoms with Gasteiger partial charge in [-0.15, -0.1) is 11.3 Å². The van der Waals surface area contributed by atoms with E-state index in [-0.39, 0.29) is 0 Å². The molecule has 0 spiro atoms. The van der Waals surface area contributed by atoms with Crippen LogP contribution in [-0.2, 0) is 4.74 Å². The predicted octanol–water partition coefficient (Wildman–Crippen LogP) is 3.57. The Morgan fingerprint density at radius 2 is 2.42 bits per heavy atom. The minimum Gasteiger partial charge on any atom is -0.385 e. The van der Waals surface area contributed by atoms with Crippen LogP contribution in [0.5, 0.6) is 0 Å².